The summed E-state index contributed by atoms with van der Waals surface area (Å²) in [5.41, 5.74) is 7.67. The van der Waals surface area contributed by atoms with Crippen LogP contribution in [-0.4, -0.2) is 49.0 Å². The number of rotatable bonds is 5. The maximum absolute atomic E-state index is 13.9. The number of aromatic nitrogens is 1. The third kappa shape index (κ3) is 4.42. The Bertz CT molecular complexity index is 698. The Hall–Kier alpha value is -2.28. The Balaban J connectivity index is 1.62. The number of halogens is 3. The molecule has 1 aromatic heterocycles. The average molecular weight is 350 g/mol. The van der Waals surface area contributed by atoms with Crippen LogP contribution >= 0.6 is 0 Å². The molecule has 1 saturated heterocycles. The molecule has 134 valence electrons. The third-order valence-corrected chi connectivity index (χ3v) is 4.45. The molecule has 2 N–H and O–H groups in total. The Morgan fingerprint density at radius 2 is 1.68 bits per heavy atom. The van der Waals surface area contributed by atoms with Gasteiger partial charge in [0.1, 0.15) is 5.82 Å². The third-order valence-electron chi connectivity index (χ3n) is 4.45. The normalized spacial score (nSPS) is 15.8. The molecule has 1 aromatic carbocycles. The molecule has 1 fully saturated rings. The molecule has 0 saturated carbocycles. The van der Waals surface area contributed by atoms with Crippen LogP contribution in [0.3, 0.4) is 0 Å². The van der Waals surface area contributed by atoms with Crippen LogP contribution in [0.4, 0.5) is 24.7 Å². The van der Waals surface area contributed by atoms with Gasteiger partial charge in [-0.3, -0.25) is 4.90 Å². The van der Waals surface area contributed by atoms with Gasteiger partial charge in [-0.05, 0) is 29.8 Å². The van der Waals surface area contributed by atoms with Gasteiger partial charge in [0.05, 0.1) is 0 Å². The highest BCUT2D eigenvalue weighted by atomic mass is 19.3. The highest BCUT2D eigenvalue weighted by Crippen LogP contribution is 2.26. The number of alkyl halides is 2. The van der Waals surface area contributed by atoms with E-state index in [0.29, 0.717) is 12.1 Å². The van der Waals surface area contributed by atoms with Crippen LogP contribution in [-0.2, 0) is 0 Å². The largest absolute Gasteiger partial charge is 0.384 e. The van der Waals surface area contributed by atoms with Gasteiger partial charge in [-0.1, -0.05) is 12.1 Å². The quantitative estimate of drug-likeness (QED) is 0.841. The summed E-state index contributed by atoms with van der Waals surface area (Å²) in [6.07, 6.45) is -2.32. The second-order valence-corrected chi connectivity index (χ2v) is 6.13. The fourth-order valence-electron chi connectivity index (χ4n) is 3.03. The van der Waals surface area contributed by atoms with Gasteiger partial charge in [-0.2, -0.15) is 4.39 Å². The van der Waals surface area contributed by atoms with E-state index in [0.717, 1.165) is 37.4 Å². The molecule has 4 nitrogen and oxygen atoms in total. The number of pyridine rings is 1. The summed E-state index contributed by atoms with van der Waals surface area (Å²) in [6, 6.07) is 10.8. The number of nitrogens with zero attached hydrogens (tertiary/aromatic N) is 3. The molecule has 3 rings (SSSR count). The number of piperazine rings is 1. The second-order valence-electron chi connectivity index (χ2n) is 6.13. The Morgan fingerprint density at radius 3 is 2.28 bits per heavy atom. The molecule has 2 heterocycles. The minimum Gasteiger partial charge on any atom is -0.384 e. The van der Waals surface area contributed by atoms with E-state index < -0.39 is 12.4 Å². The number of anilines is 2. The smallest absolute Gasteiger partial charge is 0.239 e. The lowest BCUT2D eigenvalue weighted by molar-refractivity contribution is 0.114. The highest BCUT2D eigenvalue weighted by molar-refractivity contribution is 5.67. The molecule has 7 heteroatoms. The van der Waals surface area contributed by atoms with Crippen molar-refractivity contribution in [2.45, 2.75) is 12.8 Å². The van der Waals surface area contributed by atoms with E-state index in [1.807, 2.05) is 24.3 Å². The predicted molar refractivity (Wildman–Crippen MR) is 93.3 cm³/mol. The van der Waals surface area contributed by atoms with E-state index in [9.17, 15) is 13.2 Å². The molecule has 0 radical (unpaired) electrons. The van der Waals surface area contributed by atoms with E-state index in [1.54, 1.807) is 12.1 Å². The summed E-state index contributed by atoms with van der Waals surface area (Å²) in [4.78, 5) is 7.91. The SMILES string of the molecule is Nc1ccc(-c2ccc(N3CCN(CCC(F)F)CC3)cc2)c(F)n1. The molecule has 0 amide bonds. The van der Waals surface area contributed by atoms with Crippen molar-refractivity contribution in [3.05, 3.63) is 42.3 Å². The molecule has 1 aliphatic heterocycles. The van der Waals surface area contributed by atoms with Gasteiger partial charge in [0.15, 0.2) is 0 Å². The van der Waals surface area contributed by atoms with E-state index in [-0.39, 0.29) is 12.2 Å². The molecule has 0 aliphatic carbocycles. The van der Waals surface area contributed by atoms with Crippen LogP contribution in [0, 0.1) is 5.95 Å². The molecular weight excluding hydrogens is 329 g/mol. The molecular formula is C18H21F3N4. The van der Waals surface area contributed by atoms with Crippen molar-refractivity contribution in [2.75, 3.05) is 43.4 Å². The Morgan fingerprint density at radius 1 is 1.00 bits per heavy atom. The van der Waals surface area contributed by atoms with Crippen LogP contribution < -0.4 is 10.6 Å². The van der Waals surface area contributed by atoms with E-state index in [1.165, 1.54) is 0 Å². The van der Waals surface area contributed by atoms with Crippen molar-refractivity contribution < 1.29 is 13.2 Å². The molecule has 25 heavy (non-hydrogen) atoms. The maximum Gasteiger partial charge on any atom is 0.239 e. The zero-order chi connectivity index (χ0) is 17.8. The standard InChI is InChI=1S/C18H21F3N4/c19-16(20)7-8-24-9-11-25(12-10-24)14-3-1-13(2-4-14)15-5-6-17(22)23-18(15)21/h1-6,16H,7-12H2,(H2,22,23). The lowest BCUT2D eigenvalue weighted by atomic mass is 10.1. The Kier molecular flexibility index (Phi) is 5.43. The Labute approximate surface area is 145 Å². The monoisotopic (exact) mass is 350 g/mol. The number of nitrogens with two attached hydrogens (primary N) is 1. The summed E-state index contributed by atoms with van der Waals surface area (Å²) in [5.74, 6) is -0.428. The van der Waals surface area contributed by atoms with Crippen LogP contribution in [0.2, 0.25) is 0 Å². The van der Waals surface area contributed by atoms with Crippen LogP contribution in [0.1, 0.15) is 6.42 Å². The number of nitrogen functional groups attached to an aromatic ring is 1. The lowest BCUT2D eigenvalue weighted by Crippen LogP contribution is -2.46. The molecule has 0 unspecified atom stereocenters. The van der Waals surface area contributed by atoms with Crippen molar-refractivity contribution in [1.29, 1.82) is 0 Å². The van der Waals surface area contributed by atoms with Gasteiger partial charge >= 0.3 is 0 Å². The second kappa shape index (κ2) is 7.74. The number of hydrogen-bond acceptors (Lipinski definition) is 4. The fourth-order valence-corrected chi connectivity index (χ4v) is 3.03. The van der Waals surface area contributed by atoms with Crippen molar-refractivity contribution in [2.24, 2.45) is 0 Å². The molecule has 0 spiro atoms. The van der Waals surface area contributed by atoms with Gasteiger partial charge in [-0.15, -0.1) is 0 Å². The highest BCUT2D eigenvalue weighted by Gasteiger charge is 2.18. The van der Waals surface area contributed by atoms with Crippen LogP contribution in [0.15, 0.2) is 36.4 Å². The first kappa shape index (κ1) is 17.5. The maximum atomic E-state index is 13.9. The van der Waals surface area contributed by atoms with Gasteiger partial charge in [-0.25, -0.2) is 13.8 Å². The van der Waals surface area contributed by atoms with Gasteiger partial charge in [0, 0.05) is 50.4 Å². The first-order valence-electron chi connectivity index (χ1n) is 8.31. The lowest BCUT2D eigenvalue weighted by Gasteiger charge is -2.36. The first-order chi connectivity index (χ1) is 12.0. The molecule has 2 aromatic rings. The zero-order valence-electron chi connectivity index (χ0n) is 13.8. The zero-order valence-corrected chi connectivity index (χ0v) is 13.8. The number of hydrogen-bond donors (Lipinski definition) is 1. The summed E-state index contributed by atoms with van der Waals surface area (Å²) < 4.78 is 38.5. The summed E-state index contributed by atoms with van der Waals surface area (Å²) >= 11 is 0. The minimum absolute atomic E-state index is 0.0735. The number of benzene rings is 1. The van der Waals surface area contributed by atoms with Crippen molar-refractivity contribution in [1.82, 2.24) is 9.88 Å². The van der Waals surface area contributed by atoms with E-state index >= 15 is 0 Å². The topological polar surface area (TPSA) is 45.4 Å². The van der Waals surface area contributed by atoms with Gasteiger partial charge in [0.2, 0.25) is 12.4 Å². The van der Waals surface area contributed by atoms with Crippen LogP contribution in [0.5, 0.6) is 0 Å². The van der Waals surface area contributed by atoms with Crippen molar-refractivity contribution in [3.63, 3.8) is 0 Å². The molecule has 0 bridgehead atoms. The summed E-state index contributed by atoms with van der Waals surface area (Å²) in [6.45, 7) is 3.56. The van der Waals surface area contributed by atoms with E-state index in [2.05, 4.69) is 14.8 Å². The molecule has 1 aliphatic rings. The van der Waals surface area contributed by atoms with Crippen molar-refractivity contribution >= 4 is 11.5 Å². The predicted octanol–water partition coefficient (Wildman–Crippen LogP) is 3.25. The average Bonchev–Trinajstić information content (AvgIpc) is 2.61. The van der Waals surface area contributed by atoms with E-state index in [4.69, 9.17) is 5.73 Å². The fraction of sp³-hybridized carbons (Fsp3) is 0.389. The first-order valence-corrected chi connectivity index (χ1v) is 8.31. The van der Waals surface area contributed by atoms with Gasteiger partial charge in [0.25, 0.3) is 0 Å². The summed E-state index contributed by atoms with van der Waals surface area (Å²) in [7, 11) is 0. The van der Waals surface area contributed by atoms with Gasteiger partial charge < -0.3 is 10.6 Å². The minimum atomic E-state index is -2.24. The van der Waals surface area contributed by atoms with Crippen molar-refractivity contribution in [3.8, 4) is 11.1 Å². The van der Waals surface area contributed by atoms with Crippen LogP contribution in [0.25, 0.3) is 11.1 Å². The molecule has 0 atom stereocenters. The summed E-state index contributed by atoms with van der Waals surface area (Å²) in [5, 5.41) is 0.